The number of hydrogen-bond acceptors (Lipinski definition) is 5. The first-order chi connectivity index (χ1) is 8.95. The minimum absolute atomic E-state index is 0.0363. The molecule has 0 spiro atoms. The van der Waals surface area contributed by atoms with Crippen molar-refractivity contribution in [3.05, 3.63) is 16.1 Å². The summed E-state index contributed by atoms with van der Waals surface area (Å²) in [6, 6.07) is 0. The molecule has 1 aliphatic rings. The Morgan fingerprint density at radius 1 is 1.47 bits per heavy atom. The maximum absolute atomic E-state index is 6.11. The molecular formula is C14H25N3OS. The van der Waals surface area contributed by atoms with E-state index in [0.717, 1.165) is 30.1 Å². The van der Waals surface area contributed by atoms with Gasteiger partial charge in [-0.15, -0.1) is 11.3 Å². The number of thiazole rings is 1. The van der Waals surface area contributed by atoms with Gasteiger partial charge in [-0.1, -0.05) is 0 Å². The second-order valence-corrected chi connectivity index (χ2v) is 6.87. The molecule has 2 rings (SSSR count). The van der Waals surface area contributed by atoms with Gasteiger partial charge in [0.05, 0.1) is 22.9 Å². The highest BCUT2D eigenvalue weighted by Gasteiger charge is 2.40. The fourth-order valence-corrected chi connectivity index (χ4v) is 3.78. The quantitative estimate of drug-likeness (QED) is 0.920. The Hall–Kier alpha value is -0.490. The lowest BCUT2D eigenvalue weighted by atomic mass is 9.82. The third-order valence-electron chi connectivity index (χ3n) is 4.05. The average Bonchev–Trinajstić information content (AvgIpc) is 2.73. The molecule has 1 aliphatic heterocycles. The predicted molar refractivity (Wildman–Crippen MR) is 79.3 cm³/mol. The maximum atomic E-state index is 6.11. The van der Waals surface area contributed by atoms with E-state index in [1.165, 1.54) is 0 Å². The summed E-state index contributed by atoms with van der Waals surface area (Å²) in [6.45, 7) is 7.86. The lowest BCUT2D eigenvalue weighted by Crippen LogP contribution is -2.58. The third-order valence-corrected chi connectivity index (χ3v) is 4.88. The molecule has 0 bridgehead atoms. The van der Waals surface area contributed by atoms with Crippen LogP contribution in [0.2, 0.25) is 0 Å². The molecular weight excluding hydrogens is 258 g/mol. The standard InChI is InChI=1S/C14H25N3OS/c1-10-5-14(9-15,6-11(2)18-10)17(4)7-13-8-19-12(3)16-13/h8,10-11H,5-7,9,15H2,1-4H3. The molecule has 0 saturated carbocycles. The molecule has 2 heterocycles. The molecule has 2 atom stereocenters. The number of hydrogen-bond donors (Lipinski definition) is 1. The van der Waals surface area contributed by atoms with Gasteiger partial charge >= 0.3 is 0 Å². The Balaban J connectivity index is 2.11. The average molecular weight is 283 g/mol. The first-order valence-electron chi connectivity index (χ1n) is 6.93. The van der Waals surface area contributed by atoms with E-state index < -0.39 is 0 Å². The fourth-order valence-electron chi connectivity index (χ4n) is 3.17. The summed E-state index contributed by atoms with van der Waals surface area (Å²) >= 11 is 1.71. The van der Waals surface area contributed by atoms with E-state index in [-0.39, 0.29) is 17.7 Å². The zero-order valence-corrected chi connectivity index (χ0v) is 13.2. The topological polar surface area (TPSA) is 51.4 Å². The lowest BCUT2D eigenvalue weighted by Gasteiger charge is -2.48. The zero-order valence-electron chi connectivity index (χ0n) is 12.3. The molecule has 0 aliphatic carbocycles. The summed E-state index contributed by atoms with van der Waals surface area (Å²) in [5, 5.41) is 3.27. The molecule has 0 aromatic carbocycles. The van der Waals surface area contributed by atoms with Crippen molar-refractivity contribution in [2.45, 2.75) is 57.9 Å². The van der Waals surface area contributed by atoms with Crippen LogP contribution in [-0.4, -0.2) is 41.2 Å². The van der Waals surface area contributed by atoms with Gasteiger partial charge in [0.15, 0.2) is 0 Å². The molecule has 0 radical (unpaired) electrons. The highest BCUT2D eigenvalue weighted by Crippen LogP contribution is 2.33. The predicted octanol–water partition coefficient (Wildman–Crippen LogP) is 2.17. The Morgan fingerprint density at radius 2 is 2.11 bits per heavy atom. The van der Waals surface area contributed by atoms with Crippen molar-refractivity contribution in [2.75, 3.05) is 13.6 Å². The van der Waals surface area contributed by atoms with Crippen molar-refractivity contribution in [2.24, 2.45) is 5.73 Å². The van der Waals surface area contributed by atoms with Crippen LogP contribution in [0.5, 0.6) is 0 Å². The number of nitrogens with two attached hydrogens (primary N) is 1. The molecule has 4 nitrogen and oxygen atoms in total. The summed E-state index contributed by atoms with van der Waals surface area (Å²) in [5.41, 5.74) is 7.29. The van der Waals surface area contributed by atoms with Gasteiger partial charge in [-0.3, -0.25) is 4.90 Å². The van der Waals surface area contributed by atoms with E-state index in [4.69, 9.17) is 10.5 Å². The highest BCUT2D eigenvalue weighted by atomic mass is 32.1. The molecule has 2 unspecified atom stereocenters. The van der Waals surface area contributed by atoms with Gasteiger partial charge < -0.3 is 10.5 Å². The lowest BCUT2D eigenvalue weighted by molar-refractivity contribution is -0.0995. The molecule has 1 aromatic rings. The number of rotatable bonds is 4. The van der Waals surface area contributed by atoms with E-state index in [2.05, 4.69) is 36.2 Å². The van der Waals surface area contributed by atoms with Crippen LogP contribution in [0.3, 0.4) is 0 Å². The second-order valence-electron chi connectivity index (χ2n) is 5.81. The zero-order chi connectivity index (χ0) is 14.0. The SMILES string of the molecule is Cc1nc(CN(C)C2(CN)CC(C)OC(C)C2)cs1. The van der Waals surface area contributed by atoms with Crippen molar-refractivity contribution in [3.63, 3.8) is 0 Å². The first-order valence-corrected chi connectivity index (χ1v) is 7.81. The normalized spacial score (nSPS) is 31.9. The highest BCUT2D eigenvalue weighted by molar-refractivity contribution is 7.09. The number of likely N-dealkylation sites (N-methyl/N-ethyl adjacent to an activating group) is 1. The third kappa shape index (κ3) is 3.34. The Labute approximate surface area is 120 Å². The summed E-state index contributed by atoms with van der Waals surface area (Å²) in [7, 11) is 2.16. The largest absolute Gasteiger partial charge is 0.375 e. The minimum atomic E-state index is 0.0363. The van der Waals surface area contributed by atoms with Gasteiger partial charge in [-0.05, 0) is 40.7 Å². The van der Waals surface area contributed by atoms with Gasteiger partial charge in [0.1, 0.15) is 0 Å². The van der Waals surface area contributed by atoms with Crippen LogP contribution in [-0.2, 0) is 11.3 Å². The molecule has 108 valence electrons. The van der Waals surface area contributed by atoms with Crippen LogP contribution in [0.15, 0.2) is 5.38 Å². The maximum Gasteiger partial charge on any atom is 0.0897 e. The van der Waals surface area contributed by atoms with Crippen molar-refractivity contribution in [1.82, 2.24) is 9.88 Å². The van der Waals surface area contributed by atoms with Crippen LogP contribution < -0.4 is 5.73 Å². The monoisotopic (exact) mass is 283 g/mol. The van der Waals surface area contributed by atoms with E-state index in [9.17, 15) is 0 Å². The van der Waals surface area contributed by atoms with Gasteiger partial charge in [0, 0.05) is 24.0 Å². The molecule has 2 N–H and O–H groups in total. The molecule has 0 amide bonds. The second kappa shape index (κ2) is 5.87. The summed E-state index contributed by atoms with van der Waals surface area (Å²) in [6.07, 6.45) is 2.53. The smallest absolute Gasteiger partial charge is 0.0897 e. The van der Waals surface area contributed by atoms with Crippen molar-refractivity contribution < 1.29 is 4.74 Å². The molecule has 19 heavy (non-hydrogen) atoms. The van der Waals surface area contributed by atoms with E-state index in [1.54, 1.807) is 11.3 Å². The molecule has 1 saturated heterocycles. The van der Waals surface area contributed by atoms with Crippen LogP contribution in [0.1, 0.15) is 37.4 Å². The first kappa shape index (κ1) is 14.9. The number of aromatic nitrogens is 1. The van der Waals surface area contributed by atoms with E-state index in [0.29, 0.717) is 6.54 Å². The van der Waals surface area contributed by atoms with Crippen LogP contribution >= 0.6 is 11.3 Å². The van der Waals surface area contributed by atoms with Crippen LogP contribution in [0.4, 0.5) is 0 Å². The summed E-state index contributed by atoms with van der Waals surface area (Å²) < 4.78 is 5.85. The number of ether oxygens (including phenoxy) is 1. The molecule has 1 aromatic heterocycles. The summed E-state index contributed by atoms with van der Waals surface area (Å²) in [5.74, 6) is 0. The van der Waals surface area contributed by atoms with E-state index in [1.807, 2.05) is 6.92 Å². The number of aryl methyl sites for hydroxylation is 1. The van der Waals surface area contributed by atoms with Gasteiger partial charge in [0.2, 0.25) is 0 Å². The van der Waals surface area contributed by atoms with Crippen molar-refractivity contribution >= 4 is 11.3 Å². The van der Waals surface area contributed by atoms with Gasteiger partial charge in [-0.25, -0.2) is 4.98 Å². The van der Waals surface area contributed by atoms with Gasteiger partial charge in [-0.2, -0.15) is 0 Å². The Morgan fingerprint density at radius 3 is 2.58 bits per heavy atom. The molecule has 5 heteroatoms. The fraction of sp³-hybridized carbons (Fsp3) is 0.786. The van der Waals surface area contributed by atoms with Gasteiger partial charge in [0.25, 0.3) is 0 Å². The minimum Gasteiger partial charge on any atom is -0.375 e. The Kier molecular flexibility index (Phi) is 4.61. The van der Waals surface area contributed by atoms with E-state index >= 15 is 0 Å². The van der Waals surface area contributed by atoms with Crippen LogP contribution in [0.25, 0.3) is 0 Å². The van der Waals surface area contributed by atoms with Crippen molar-refractivity contribution in [1.29, 1.82) is 0 Å². The number of nitrogens with zero attached hydrogens (tertiary/aromatic N) is 2. The van der Waals surface area contributed by atoms with Crippen LogP contribution in [0, 0.1) is 6.92 Å². The van der Waals surface area contributed by atoms with Crippen molar-refractivity contribution in [3.8, 4) is 0 Å². The Bertz CT molecular complexity index is 411. The summed E-state index contributed by atoms with van der Waals surface area (Å²) in [4.78, 5) is 6.93. The molecule has 1 fully saturated rings.